The van der Waals surface area contributed by atoms with Crippen LogP contribution in [-0.2, 0) is 13.0 Å². The number of fused-ring (bicyclic) bond motifs is 2. The fraction of sp³-hybridized carbons (Fsp3) is 0.364. The van der Waals surface area contributed by atoms with E-state index in [1.165, 1.54) is 14.8 Å². The molecular weight excluding hydrogens is 388 g/mol. The van der Waals surface area contributed by atoms with Crippen molar-refractivity contribution in [2.75, 3.05) is 6.61 Å². The summed E-state index contributed by atoms with van der Waals surface area (Å²) in [5.74, 6) is -0.853. The van der Waals surface area contributed by atoms with Gasteiger partial charge in [0.15, 0.2) is 0 Å². The number of aliphatic hydroxyl groups is 1. The predicted octanol–water partition coefficient (Wildman–Crippen LogP) is 2.92. The van der Waals surface area contributed by atoms with Crippen molar-refractivity contribution in [1.82, 2.24) is 9.72 Å². The third-order valence-electron chi connectivity index (χ3n) is 6.06. The summed E-state index contributed by atoms with van der Waals surface area (Å²) in [7, 11) is 0. The Kier molecular flexibility index (Phi) is 4.34. The number of nitrogens with one attached hydrogen (secondary N) is 1. The summed E-state index contributed by atoms with van der Waals surface area (Å²) in [6.07, 6.45) is 4.58. The molecule has 0 radical (unpaired) electrons. The van der Waals surface area contributed by atoms with E-state index in [1.807, 2.05) is 13.0 Å². The van der Waals surface area contributed by atoms with Gasteiger partial charge in [-0.05, 0) is 72.6 Å². The van der Waals surface area contributed by atoms with Crippen LogP contribution in [0.2, 0.25) is 0 Å². The molecule has 4 heterocycles. The lowest BCUT2D eigenvalue weighted by Gasteiger charge is -2.21. The molecule has 0 spiro atoms. The highest BCUT2D eigenvalue weighted by Crippen LogP contribution is 2.44. The van der Waals surface area contributed by atoms with E-state index in [9.17, 15) is 19.8 Å². The highest BCUT2D eigenvalue weighted by atomic mass is 32.1. The average molecular weight is 410 g/mol. The van der Waals surface area contributed by atoms with Gasteiger partial charge in [0.1, 0.15) is 5.56 Å². The molecule has 1 aliphatic heterocycles. The Morgan fingerprint density at radius 2 is 2.14 bits per heavy atom. The van der Waals surface area contributed by atoms with Gasteiger partial charge >= 0.3 is 5.97 Å². The van der Waals surface area contributed by atoms with Crippen LogP contribution < -0.4 is 10.9 Å². The number of aromatic nitrogens is 1. The molecular formula is C22H22N2O4S. The lowest BCUT2D eigenvalue weighted by molar-refractivity contribution is 0.0694. The first-order chi connectivity index (χ1) is 14.0. The highest BCUT2D eigenvalue weighted by molar-refractivity contribution is 7.15. The van der Waals surface area contributed by atoms with Crippen LogP contribution in [-0.4, -0.2) is 33.2 Å². The van der Waals surface area contributed by atoms with E-state index in [0.29, 0.717) is 5.92 Å². The standard InChI is InChI=1S/C22H22N2O4S/c1-11-15(19-6-13-9-23-14(10-25)7-18(13)29-19)4-5-24-20(11)16(12-2-3-12)8-17(21(24)26)22(27)28/h4-6,8,12,14,23,25H,2-3,7,9-10H2,1H3,(H,27,28). The van der Waals surface area contributed by atoms with Crippen molar-refractivity contribution in [3.8, 4) is 10.4 Å². The Hall–Kier alpha value is -2.48. The minimum absolute atomic E-state index is 0.0983. The smallest absolute Gasteiger partial charge is 0.341 e. The van der Waals surface area contributed by atoms with Crippen molar-refractivity contribution >= 4 is 22.8 Å². The van der Waals surface area contributed by atoms with Crippen molar-refractivity contribution in [3.05, 3.63) is 61.9 Å². The second-order valence-corrected chi connectivity index (χ2v) is 9.13. The summed E-state index contributed by atoms with van der Waals surface area (Å²) in [5.41, 5.74) is 4.51. The number of carboxylic acid groups (broad SMARTS) is 1. The zero-order valence-corrected chi connectivity index (χ0v) is 16.9. The van der Waals surface area contributed by atoms with Gasteiger partial charge in [0, 0.05) is 28.5 Å². The molecule has 0 amide bonds. The fourth-order valence-electron chi connectivity index (χ4n) is 4.32. The number of nitrogens with zero attached hydrogens (tertiary/aromatic N) is 1. The fourth-order valence-corrected chi connectivity index (χ4v) is 5.67. The number of aryl methyl sites for hydroxylation is 1. The molecule has 6 nitrogen and oxygen atoms in total. The number of thiophene rings is 1. The maximum Gasteiger partial charge on any atom is 0.341 e. The number of hydrogen-bond donors (Lipinski definition) is 3. The molecule has 29 heavy (non-hydrogen) atoms. The zero-order chi connectivity index (χ0) is 20.3. The number of hydrogen-bond acceptors (Lipinski definition) is 5. The molecule has 150 valence electrons. The first-order valence-corrected chi connectivity index (χ1v) is 10.7. The van der Waals surface area contributed by atoms with E-state index in [1.54, 1.807) is 23.6 Å². The van der Waals surface area contributed by atoms with Crippen LogP contribution in [0.5, 0.6) is 0 Å². The number of carbonyl (C=O) groups is 1. The summed E-state index contributed by atoms with van der Waals surface area (Å²) in [6.45, 7) is 2.89. The minimum Gasteiger partial charge on any atom is -0.477 e. The lowest BCUT2D eigenvalue weighted by atomic mass is 9.99. The molecule has 0 bridgehead atoms. The molecule has 7 heteroatoms. The second kappa shape index (κ2) is 6.79. The summed E-state index contributed by atoms with van der Waals surface area (Å²) >= 11 is 1.74. The van der Waals surface area contributed by atoms with Crippen LogP contribution in [0, 0.1) is 6.92 Å². The van der Waals surface area contributed by atoms with Crippen molar-refractivity contribution in [1.29, 1.82) is 0 Å². The molecule has 0 saturated heterocycles. The molecule has 1 atom stereocenters. The van der Waals surface area contributed by atoms with E-state index in [4.69, 9.17) is 0 Å². The van der Waals surface area contributed by atoms with E-state index in [-0.39, 0.29) is 18.2 Å². The Bertz CT molecular complexity index is 1210. The van der Waals surface area contributed by atoms with Gasteiger partial charge in [0.25, 0.3) is 5.56 Å². The summed E-state index contributed by atoms with van der Waals surface area (Å²) in [4.78, 5) is 26.7. The molecule has 3 N–H and O–H groups in total. The van der Waals surface area contributed by atoms with Crippen LogP contribution in [0.1, 0.15) is 50.7 Å². The Morgan fingerprint density at radius 1 is 1.34 bits per heavy atom. The van der Waals surface area contributed by atoms with Gasteiger partial charge in [0.05, 0.1) is 12.1 Å². The van der Waals surface area contributed by atoms with Gasteiger partial charge in [-0.25, -0.2) is 4.79 Å². The van der Waals surface area contributed by atoms with Gasteiger partial charge in [0.2, 0.25) is 0 Å². The third-order valence-corrected chi connectivity index (χ3v) is 7.29. The predicted molar refractivity (Wildman–Crippen MR) is 112 cm³/mol. The summed E-state index contributed by atoms with van der Waals surface area (Å²) < 4.78 is 1.51. The molecule has 1 fully saturated rings. The van der Waals surface area contributed by atoms with E-state index >= 15 is 0 Å². The van der Waals surface area contributed by atoms with Crippen LogP contribution >= 0.6 is 11.3 Å². The molecule has 0 aromatic carbocycles. The number of carboxylic acids is 1. The minimum atomic E-state index is -1.18. The van der Waals surface area contributed by atoms with Crippen molar-refractivity contribution in [3.63, 3.8) is 0 Å². The van der Waals surface area contributed by atoms with Gasteiger partial charge in [-0.2, -0.15) is 0 Å². The van der Waals surface area contributed by atoms with E-state index in [0.717, 1.165) is 52.9 Å². The van der Waals surface area contributed by atoms with Crippen molar-refractivity contribution < 1.29 is 15.0 Å². The third kappa shape index (κ3) is 3.01. The topological polar surface area (TPSA) is 91.0 Å². The quantitative estimate of drug-likeness (QED) is 0.615. The van der Waals surface area contributed by atoms with E-state index in [2.05, 4.69) is 11.4 Å². The first-order valence-electron chi connectivity index (χ1n) is 9.86. The van der Waals surface area contributed by atoms with Crippen LogP contribution in [0.3, 0.4) is 0 Å². The van der Waals surface area contributed by atoms with Crippen LogP contribution in [0.25, 0.3) is 16.0 Å². The lowest BCUT2D eigenvalue weighted by Crippen LogP contribution is -2.37. The summed E-state index contributed by atoms with van der Waals surface area (Å²) in [5, 5.41) is 22.2. The van der Waals surface area contributed by atoms with E-state index < -0.39 is 11.5 Å². The second-order valence-electron chi connectivity index (χ2n) is 7.99. The molecule has 2 aliphatic rings. The first kappa shape index (κ1) is 18.5. The average Bonchev–Trinajstić information content (AvgIpc) is 3.46. The number of pyridine rings is 2. The SMILES string of the molecule is Cc1c(-c2cc3c(s2)CC(CO)NC3)ccn2c(=O)c(C(=O)O)cc(C3CC3)c12. The van der Waals surface area contributed by atoms with Gasteiger partial charge in [-0.1, -0.05) is 0 Å². The van der Waals surface area contributed by atoms with Gasteiger partial charge < -0.3 is 15.5 Å². The Labute approximate surface area is 171 Å². The Morgan fingerprint density at radius 3 is 2.83 bits per heavy atom. The normalized spacial score (nSPS) is 18.8. The van der Waals surface area contributed by atoms with Crippen LogP contribution in [0.4, 0.5) is 0 Å². The molecule has 3 aromatic rings. The number of aromatic carboxylic acids is 1. The molecule has 3 aromatic heterocycles. The maximum atomic E-state index is 12.7. The van der Waals surface area contributed by atoms with Crippen LogP contribution in [0.15, 0.2) is 29.2 Å². The molecule has 5 rings (SSSR count). The van der Waals surface area contributed by atoms with Gasteiger partial charge in [-0.3, -0.25) is 9.20 Å². The molecule has 1 saturated carbocycles. The van der Waals surface area contributed by atoms with Crippen molar-refractivity contribution in [2.45, 2.75) is 44.7 Å². The van der Waals surface area contributed by atoms with Crippen molar-refractivity contribution in [2.24, 2.45) is 0 Å². The monoisotopic (exact) mass is 410 g/mol. The molecule has 1 aliphatic carbocycles. The number of aliphatic hydroxyl groups excluding tert-OH is 1. The summed E-state index contributed by atoms with van der Waals surface area (Å²) in [6, 6.07) is 5.80. The highest BCUT2D eigenvalue weighted by Gasteiger charge is 2.29. The van der Waals surface area contributed by atoms with Gasteiger partial charge in [-0.15, -0.1) is 11.3 Å². The zero-order valence-electron chi connectivity index (χ0n) is 16.1. The molecule has 1 unspecified atom stereocenters. The Balaban J connectivity index is 1.69. The number of rotatable bonds is 4. The maximum absolute atomic E-state index is 12.7. The largest absolute Gasteiger partial charge is 0.477 e.